The number of hydrogen-bond donors (Lipinski definition) is 0. The summed E-state index contributed by atoms with van der Waals surface area (Å²) in [6.07, 6.45) is 2.03. The zero-order valence-corrected chi connectivity index (χ0v) is 12.3. The van der Waals surface area contributed by atoms with Gasteiger partial charge in [-0.2, -0.15) is 9.36 Å². The number of thioether (sulfide) groups is 1. The van der Waals surface area contributed by atoms with Gasteiger partial charge in [-0.3, -0.25) is 0 Å². The van der Waals surface area contributed by atoms with E-state index >= 15 is 0 Å². The lowest BCUT2D eigenvalue weighted by molar-refractivity contribution is 0.631. The summed E-state index contributed by atoms with van der Waals surface area (Å²) in [5.74, 6) is 0. The van der Waals surface area contributed by atoms with Crippen molar-refractivity contribution < 1.29 is 0 Å². The predicted octanol–water partition coefficient (Wildman–Crippen LogP) is 2.20. The van der Waals surface area contributed by atoms with Gasteiger partial charge in [0.1, 0.15) is 0 Å². The molecule has 0 amide bonds. The first-order valence-electron chi connectivity index (χ1n) is 6.49. The molecule has 5 nitrogen and oxygen atoms in total. The molecule has 2 aromatic carbocycles. The second-order valence-corrected chi connectivity index (χ2v) is 5.39. The molecule has 0 radical (unpaired) electrons. The molecule has 21 heavy (non-hydrogen) atoms. The van der Waals surface area contributed by atoms with Crippen molar-refractivity contribution in [3.05, 3.63) is 70.6 Å². The van der Waals surface area contributed by atoms with Gasteiger partial charge in [0.05, 0.1) is 12.2 Å². The molecule has 0 bridgehead atoms. The molecule has 0 fully saturated rings. The summed E-state index contributed by atoms with van der Waals surface area (Å²) >= 11 is 1.69. The number of rotatable bonds is 4. The second-order valence-electron chi connectivity index (χ2n) is 4.51. The molecule has 1 aromatic heterocycles. The minimum absolute atomic E-state index is 0.241. The molecule has 3 aromatic rings. The SMILES string of the molecule is CSc1ccc(Cn2nnn(-c3ccccc3)c2=O)cc1. The van der Waals surface area contributed by atoms with Gasteiger partial charge >= 0.3 is 5.69 Å². The fourth-order valence-electron chi connectivity index (χ4n) is 2.01. The number of para-hydroxylation sites is 1. The van der Waals surface area contributed by atoms with Crippen LogP contribution in [0.3, 0.4) is 0 Å². The van der Waals surface area contributed by atoms with Crippen molar-refractivity contribution in [2.45, 2.75) is 11.4 Å². The van der Waals surface area contributed by atoms with Crippen molar-refractivity contribution in [1.82, 2.24) is 19.8 Å². The van der Waals surface area contributed by atoms with Crippen LogP contribution in [-0.2, 0) is 6.54 Å². The molecule has 3 rings (SSSR count). The average Bonchev–Trinajstić information content (AvgIpc) is 2.90. The zero-order valence-electron chi connectivity index (χ0n) is 11.5. The topological polar surface area (TPSA) is 52.7 Å². The first-order valence-corrected chi connectivity index (χ1v) is 7.71. The quantitative estimate of drug-likeness (QED) is 0.693. The Hall–Kier alpha value is -2.34. The monoisotopic (exact) mass is 298 g/mol. The van der Waals surface area contributed by atoms with Gasteiger partial charge in [-0.05, 0) is 46.5 Å². The predicted molar refractivity (Wildman–Crippen MR) is 82.9 cm³/mol. The largest absolute Gasteiger partial charge is 0.368 e. The summed E-state index contributed by atoms with van der Waals surface area (Å²) in [7, 11) is 0. The summed E-state index contributed by atoms with van der Waals surface area (Å²) in [6, 6.07) is 17.3. The number of benzene rings is 2. The smallest absolute Gasteiger partial charge is 0.244 e. The minimum atomic E-state index is -0.241. The van der Waals surface area contributed by atoms with Crippen LogP contribution in [0.2, 0.25) is 0 Å². The third kappa shape index (κ3) is 2.90. The van der Waals surface area contributed by atoms with Gasteiger partial charge in [0.2, 0.25) is 0 Å². The van der Waals surface area contributed by atoms with Crippen molar-refractivity contribution in [1.29, 1.82) is 0 Å². The fourth-order valence-corrected chi connectivity index (χ4v) is 2.42. The molecule has 0 aliphatic carbocycles. The molecule has 0 aliphatic heterocycles. The van der Waals surface area contributed by atoms with E-state index in [0.717, 1.165) is 5.56 Å². The minimum Gasteiger partial charge on any atom is -0.244 e. The molecule has 0 atom stereocenters. The van der Waals surface area contributed by atoms with E-state index in [4.69, 9.17) is 0 Å². The summed E-state index contributed by atoms with van der Waals surface area (Å²) < 4.78 is 2.66. The van der Waals surface area contributed by atoms with E-state index in [1.807, 2.05) is 60.9 Å². The lowest BCUT2D eigenvalue weighted by Crippen LogP contribution is -2.24. The van der Waals surface area contributed by atoms with E-state index in [0.29, 0.717) is 12.2 Å². The molecule has 0 saturated carbocycles. The lowest BCUT2D eigenvalue weighted by Gasteiger charge is -2.01. The van der Waals surface area contributed by atoms with Gasteiger partial charge in [0.25, 0.3) is 0 Å². The first-order chi connectivity index (χ1) is 10.3. The zero-order chi connectivity index (χ0) is 14.7. The summed E-state index contributed by atoms with van der Waals surface area (Å²) in [4.78, 5) is 13.5. The fraction of sp³-hybridized carbons (Fsp3) is 0.133. The molecule has 0 N–H and O–H groups in total. The molecule has 0 unspecified atom stereocenters. The van der Waals surface area contributed by atoms with Crippen LogP contribution in [0.5, 0.6) is 0 Å². The highest BCUT2D eigenvalue weighted by molar-refractivity contribution is 7.98. The van der Waals surface area contributed by atoms with Crippen LogP contribution < -0.4 is 5.69 Å². The van der Waals surface area contributed by atoms with E-state index in [1.165, 1.54) is 14.3 Å². The van der Waals surface area contributed by atoms with Crippen LogP contribution in [0.25, 0.3) is 5.69 Å². The summed E-state index contributed by atoms with van der Waals surface area (Å²) in [5, 5.41) is 7.87. The first kappa shape index (κ1) is 13.6. The molecule has 1 heterocycles. The molecular weight excluding hydrogens is 284 g/mol. The third-order valence-corrected chi connectivity index (χ3v) is 3.88. The molecule has 0 spiro atoms. The van der Waals surface area contributed by atoms with Crippen LogP contribution in [0.15, 0.2) is 64.3 Å². The van der Waals surface area contributed by atoms with Gasteiger partial charge < -0.3 is 0 Å². The van der Waals surface area contributed by atoms with Gasteiger partial charge in [-0.25, -0.2) is 4.79 Å². The molecule has 6 heteroatoms. The van der Waals surface area contributed by atoms with E-state index in [1.54, 1.807) is 11.8 Å². The molecule has 0 saturated heterocycles. The van der Waals surface area contributed by atoms with Crippen LogP contribution in [-0.4, -0.2) is 26.0 Å². The maximum atomic E-state index is 12.3. The average molecular weight is 298 g/mol. The molecule has 0 aliphatic rings. The van der Waals surface area contributed by atoms with Gasteiger partial charge in [-0.1, -0.05) is 30.3 Å². The van der Waals surface area contributed by atoms with E-state index in [9.17, 15) is 4.79 Å². The molecule has 106 valence electrons. The Morgan fingerprint density at radius 2 is 1.71 bits per heavy atom. The Labute approximate surface area is 126 Å². The number of nitrogens with zero attached hydrogens (tertiary/aromatic N) is 4. The van der Waals surface area contributed by atoms with Gasteiger partial charge in [-0.15, -0.1) is 11.8 Å². The lowest BCUT2D eigenvalue weighted by atomic mass is 10.2. The third-order valence-electron chi connectivity index (χ3n) is 3.13. The standard InChI is InChI=1S/C15H14N4OS/c1-21-14-9-7-12(8-10-14)11-18-15(20)19(17-16-18)13-5-3-2-4-6-13/h2-10H,11H2,1H3. The van der Waals surface area contributed by atoms with Crippen LogP contribution >= 0.6 is 11.8 Å². The Bertz CT molecular complexity index is 777. The molecular formula is C15H14N4OS. The van der Waals surface area contributed by atoms with Crippen molar-refractivity contribution in [3.8, 4) is 5.69 Å². The van der Waals surface area contributed by atoms with E-state index in [2.05, 4.69) is 10.4 Å². The maximum Gasteiger partial charge on any atom is 0.368 e. The van der Waals surface area contributed by atoms with Gasteiger partial charge in [0.15, 0.2) is 0 Å². The maximum absolute atomic E-state index is 12.3. The number of tetrazole rings is 1. The van der Waals surface area contributed by atoms with Crippen molar-refractivity contribution >= 4 is 11.8 Å². The highest BCUT2D eigenvalue weighted by atomic mass is 32.2. The van der Waals surface area contributed by atoms with E-state index in [-0.39, 0.29) is 5.69 Å². The normalized spacial score (nSPS) is 10.7. The number of hydrogen-bond acceptors (Lipinski definition) is 4. The van der Waals surface area contributed by atoms with E-state index < -0.39 is 0 Å². The van der Waals surface area contributed by atoms with Crippen molar-refractivity contribution in [2.24, 2.45) is 0 Å². The Morgan fingerprint density at radius 3 is 2.38 bits per heavy atom. The second kappa shape index (κ2) is 5.97. The van der Waals surface area contributed by atoms with Crippen LogP contribution in [0.4, 0.5) is 0 Å². The Kier molecular flexibility index (Phi) is 3.87. The Morgan fingerprint density at radius 1 is 1.00 bits per heavy atom. The highest BCUT2D eigenvalue weighted by Crippen LogP contribution is 2.15. The summed E-state index contributed by atoms with van der Waals surface area (Å²) in [5.41, 5.74) is 1.50. The van der Waals surface area contributed by atoms with Crippen LogP contribution in [0, 0.1) is 0 Å². The number of aromatic nitrogens is 4. The Balaban J connectivity index is 1.87. The van der Waals surface area contributed by atoms with Crippen molar-refractivity contribution in [3.63, 3.8) is 0 Å². The van der Waals surface area contributed by atoms with Gasteiger partial charge in [0, 0.05) is 4.90 Å². The van der Waals surface area contributed by atoms with Crippen molar-refractivity contribution in [2.75, 3.05) is 6.26 Å². The highest BCUT2D eigenvalue weighted by Gasteiger charge is 2.08. The summed E-state index contributed by atoms with van der Waals surface area (Å²) in [6.45, 7) is 0.417. The van der Waals surface area contributed by atoms with Crippen LogP contribution in [0.1, 0.15) is 5.56 Å².